The zero-order valence-electron chi connectivity index (χ0n) is 9.67. The number of fused-ring (bicyclic) bond motifs is 1. The molecule has 0 atom stereocenters. The Labute approximate surface area is 108 Å². The fraction of sp³-hybridized carbons (Fsp3) is 0.273. The van der Waals surface area contributed by atoms with E-state index in [4.69, 9.17) is 26.4 Å². The van der Waals surface area contributed by atoms with E-state index in [-0.39, 0.29) is 6.79 Å². The first kappa shape index (κ1) is 11.2. The van der Waals surface area contributed by atoms with E-state index in [1.54, 1.807) is 11.7 Å². The Kier molecular flexibility index (Phi) is 2.77. The highest BCUT2D eigenvalue weighted by Crippen LogP contribution is 2.33. The zero-order chi connectivity index (χ0) is 12.5. The number of ether oxygens (including phenoxy) is 3. The van der Waals surface area contributed by atoms with E-state index < -0.39 is 0 Å². The van der Waals surface area contributed by atoms with Gasteiger partial charge >= 0.3 is 0 Å². The lowest BCUT2D eigenvalue weighted by molar-refractivity contribution is 0.173. The normalized spacial score (nSPS) is 12.9. The molecule has 2 aromatic rings. The molecule has 2 heterocycles. The number of hydrogen-bond acceptors (Lipinski definition) is 5. The summed E-state index contributed by atoms with van der Waals surface area (Å²) in [7, 11) is 1.61. The van der Waals surface area contributed by atoms with Crippen molar-refractivity contribution in [2.75, 3.05) is 13.9 Å². The second-order valence-electron chi connectivity index (χ2n) is 3.75. The third kappa shape index (κ3) is 1.77. The summed E-state index contributed by atoms with van der Waals surface area (Å²) in [6, 6.07) is 5.62. The van der Waals surface area contributed by atoms with Gasteiger partial charge in [-0.3, -0.25) is 9.67 Å². The summed E-state index contributed by atoms with van der Waals surface area (Å²) < 4.78 is 18.0. The molecule has 18 heavy (non-hydrogen) atoms. The SMILES string of the molecule is COCc1n[nH]c(=S)n1-c1ccc2c(c1)OCO2. The Balaban J connectivity index is 2.09. The first-order valence-electron chi connectivity index (χ1n) is 5.35. The van der Waals surface area contributed by atoms with Crippen LogP contribution >= 0.6 is 12.2 Å². The predicted octanol–water partition coefficient (Wildman–Crippen LogP) is 1.80. The highest BCUT2D eigenvalue weighted by Gasteiger charge is 2.16. The Hall–Kier alpha value is -1.86. The van der Waals surface area contributed by atoms with Crippen LogP contribution in [0.1, 0.15) is 5.82 Å². The van der Waals surface area contributed by atoms with Gasteiger partial charge in [-0.2, -0.15) is 5.10 Å². The highest BCUT2D eigenvalue weighted by atomic mass is 32.1. The molecule has 0 bridgehead atoms. The fourth-order valence-electron chi connectivity index (χ4n) is 1.85. The summed E-state index contributed by atoms with van der Waals surface area (Å²) >= 11 is 5.21. The van der Waals surface area contributed by atoms with E-state index in [9.17, 15) is 0 Å². The van der Waals surface area contributed by atoms with Gasteiger partial charge in [0.25, 0.3) is 0 Å². The lowest BCUT2D eigenvalue weighted by atomic mass is 10.2. The van der Waals surface area contributed by atoms with Crippen molar-refractivity contribution in [2.45, 2.75) is 6.61 Å². The number of aromatic nitrogens is 3. The number of nitrogens with zero attached hydrogens (tertiary/aromatic N) is 2. The quantitative estimate of drug-likeness (QED) is 0.857. The zero-order valence-corrected chi connectivity index (χ0v) is 10.5. The maximum absolute atomic E-state index is 5.35. The molecule has 0 aliphatic carbocycles. The molecule has 1 aliphatic rings. The van der Waals surface area contributed by atoms with Crippen LogP contribution in [0.4, 0.5) is 0 Å². The van der Waals surface area contributed by atoms with Crippen molar-refractivity contribution in [2.24, 2.45) is 0 Å². The van der Waals surface area contributed by atoms with Gasteiger partial charge in [-0.05, 0) is 24.4 Å². The van der Waals surface area contributed by atoms with Crippen LogP contribution in [-0.4, -0.2) is 28.7 Å². The van der Waals surface area contributed by atoms with Crippen molar-refractivity contribution in [3.8, 4) is 17.2 Å². The predicted molar refractivity (Wildman–Crippen MR) is 65.6 cm³/mol. The molecule has 0 spiro atoms. The van der Waals surface area contributed by atoms with Crippen LogP contribution in [0.25, 0.3) is 5.69 Å². The van der Waals surface area contributed by atoms with E-state index >= 15 is 0 Å². The van der Waals surface area contributed by atoms with Crippen LogP contribution in [-0.2, 0) is 11.3 Å². The minimum absolute atomic E-state index is 0.250. The van der Waals surface area contributed by atoms with Crippen LogP contribution in [0, 0.1) is 4.77 Å². The highest BCUT2D eigenvalue weighted by molar-refractivity contribution is 7.71. The Morgan fingerprint density at radius 2 is 2.28 bits per heavy atom. The van der Waals surface area contributed by atoms with Crippen LogP contribution < -0.4 is 9.47 Å². The number of aromatic amines is 1. The molecule has 1 aromatic heterocycles. The lowest BCUT2D eigenvalue weighted by Gasteiger charge is -2.06. The number of benzene rings is 1. The van der Waals surface area contributed by atoms with Crippen LogP contribution in [0.5, 0.6) is 11.5 Å². The molecule has 1 aliphatic heterocycles. The van der Waals surface area contributed by atoms with Crippen molar-refractivity contribution in [1.82, 2.24) is 14.8 Å². The summed E-state index contributed by atoms with van der Waals surface area (Å²) in [5, 5.41) is 6.88. The van der Waals surface area contributed by atoms with Crippen LogP contribution in [0.2, 0.25) is 0 Å². The Morgan fingerprint density at radius 3 is 3.11 bits per heavy atom. The molecule has 3 rings (SSSR count). The second kappa shape index (κ2) is 4.43. The fourth-order valence-corrected chi connectivity index (χ4v) is 2.10. The molecule has 0 amide bonds. The van der Waals surface area contributed by atoms with Gasteiger partial charge in [-0.1, -0.05) is 0 Å². The molecule has 6 nitrogen and oxygen atoms in total. The minimum atomic E-state index is 0.250. The number of rotatable bonds is 3. The number of nitrogens with one attached hydrogen (secondary N) is 1. The molecule has 0 saturated heterocycles. The summed E-state index contributed by atoms with van der Waals surface area (Å²) in [6.07, 6.45) is 0. The first-order valence-corrected chi connectivity index (χ1v) is 5.75. The van der Waals surface area contributed by atoms with E-state index in [0.29, 0.717) is 23.0 Å². The van der Waals surface area contributed by atoms with Gasteiger partial charge in [0.15, 0.2) is 22.1 Å². The van der Waals surface area contributed by atoms with Gasteiger partial charge < -0.3 is 14.2 Å². The van der Waals surface area contributed by atoms with E-state index in [0.717, 1.165) is 11.4 Å². The molecular formula is C11H11N3O3S. The van der Waals surface area contributed by atoms with Gasteiger partial charge in [0.1, 0.15) is 6.61 Å². The molecule has 0 saturated carbocycles. The van der Waals surface area contributed by atoms with Crippen molar-refractivity contribution >= 4 is 12.2 Å². The third-order valence-corrected chi connectivity index (χ3v) is 2.90. The maximum Gasteiger partial charge on any atom is 0.231 e. The molecule has 0 radical (unpaired) electrons. The standard InChI is InChI=1S/C11H11N3O3S/c1-15-5-10-12-13-11(18)14(10)7-2-3-8-9(4-7)17-6-16-8/h2-4H,5-6H2,1H3,(H,13,18). The van der Waals surface area contributed by atoms with Crippen molar-refractivity contribution in [3.63, 3.8) is 0 Å². The van der Waals surface area contributed by atoms with Crippen molar-refractivity contribution < 1.29 is 14.2 Å². The molecule has 7 heteroatoms. The third-order valence-electron chi connectivity index (χ3n) is 2.63. The van der Waals surface area contributed by atoms with E-state index in [1.165, 1.54) is 0 Å². The summed E-state index contributed by atoms with van der Waals surface area (Å²) in [4.78, 5) is 0. The smallest absolute Gasteiger partial charge is 0.231 e. The maximum atomic E-state index is 5.35. The molecule has 0 fully saturated rings. The summed E-state index contributed by atoms with van der Waals surface area (Å²) in [6.45, 7) is 0.627. The summed E-state index contributed by atoms with van der Waals surface area (Å²) in [5.41, 5.74) is 0.866. The number of H-pyrrole nitrogens is 1. The van der Waals surface area contributed by atoms with Gasteiger partial charge in [-0.15, -0.1) is 0 Å². The average Bonchev–Trinajstić information content (AvgIpc) is 2.96. The molecular weight excluding hydrogens is 254 g/mol. The van der Waals surface area contributed by atoms with Gasteiger partial charge in [0, 0.05) is 13.2 Å². The number of hydrogen-bond donors (Lipinski definition) is 1. The molecule has 1 aromatic carbocycles. The van der Waals surface area contributed by atoms with E-state index in [2.05, 4.69) is 10.2 Å². The van der Waals surface area contributed by atoms with Crippen molar-refractivity contribution in [3.05, 3.63) is 28.8 Å². The monoisotopic (exact) mass is 265 g/mol. The molecule has 94 valence electrons. The van der Waals surface area contributed by atoms with Crippen LogP contribution in [0.3, 0.4) is 0 Å². The molecule has 0 unspecified atom stereocenters. The molecule has 1 N–H and O–H groups in total. The largest absolute Gasteiger partial charge is 0.454 e. The van der Waals surface area contributed by atoms with Gasteiger partial charge in [0.2, 0.25) is 6.79 Å². The van der Waals surface area contributed by atoms with Gasteiger partial charge in [0.05, 0.1) is 5.69 Å². The second-order valence-corrected chi connectivity index (χ2v) is 4.14. The Bertz CT molecular complexity index is 635. The lowest BCUT2D eigenvalue weighted by Crippen LogP contribution is -2.02. The van der Waals surface area contributed by atoms with Crippen LogP contribution in [0.15, 0.2) is 18.2 Å². The van der Waals surface area contributed by atoms with E-state index in [1.807, 2.05) is 18.2 Å². The van der Waals surface area contributed by atoms with Crippen molar-refractivity contribution in [1.29, 1.82) is 0 Å². The Morgan fingerprint density at radius 1 is 1.44 bits per heavy atom. The minimum Gasteiger partial charge on any atom is -0.454 e. The first-order chi connectivity index (χ1) is 8.79. The number of methoxy groups -OCH3 is 1. The average molecular weight is 265 g/mol. The summed E-state index contributed by atoms with van der Waals surface area (Å²) in [5.74, 6) is 2.15. The van der Waals surface area contributed by atoms with Gasteiger partial charge in [-0.25, -0.2) is 0 Å². The topological polar surface area (TPSA) is 61.3 Å².